The lowest BCUT2D eigenvalue weighted by Gasteiger charge is -2.27. The number of hydrogen-bond acceptors (Lipinski definition) is 4. The first-order chi connectivity index (χ1) is 9.07. The third kappa shape index (κ3) is 2.43. The van der Waals surface area contributed by atoms with Gasteiger partial charge >= 0.3 is 0 Å². The Morgan fingerprint density at radius 1 is 1.26 bits per heavy atom. The minimum absolute atomic E-state index is 0.174. The molecule has 0 saturated carbocycles. The minimum Gasteiger partial charge on any atom is -0.173 e. The highest BCUT2D eigenvalue weighted by atomic mass is 32.2. The molecule has 1 aromatic heterocycles. The van der Waals surface area contributed by atoms with E-state index < -0.39 is 0 Å². The summed E-state index contributed by atoms with van der Waals surface area (Å²) in [5, 5.41) is 0. The van der Waals surface area contributed by atoms with Crippen LogP contribution in [0.3, 0.4) is 0 Å². The van der Waals surface area contributed by atoms with Crippen LogP contribution in [0, 0.1) is 0 Å². The summed E-state index contributed by atoms with van der Waals surface area (Å²) in [6.45, 7) is 10.9. The first kappa shape index (κ1) is 14.5. The molecule has 4 heteroatoms. The second-order valence-electron chi connectivity index (χ2n) is 5.02. The zero-order chi connectivity index (χ0) is 14.0. The van der Waals surface area contributed by atoms with Crippen molar-refractivity contribution in [2.24, 2.45) is 0 Å². The van der Waals surface area contributed by atoms with Gasteiger partial charge in [0.15, 0.2) is 0 Å². The molecule has 0 amide bonds. The normalized spacial score (nSPS) is 12.0. The Kier molecular flexibility index (Phi) is 4.31. The third-order valence-electron chi connectivity index (χ3n) is 4.17. The predicted molar refractivity (Wildman–Crippen MR) is 87.9 cm³/mol. The molecule has 2 aromatic rings. The Bertz CT molecular complexity index is 597. The molecule has 0 fully saturated rings. The van der Waals surface area contributed by atoms with E-state index in [0.29, 0.717) is 0 Å². The van der Waals surface area contributed by atoms with Crippen molar-refractivity contribution in [1.82, 2.24) is 8.75 Å². The maximum atomic E-state index is 4.54. The van der Waals surface area contributed by atoms with E-state index in [1.807, 2.05) is 6.26 Å². The number of nitrogens with zero attached hydrogens (tertiary/aromatic N) is 2. The molecule has 0 spiro atoms. The number of aromatic nitrogens is 2. The van der Waals surface area contributed by atoms with Gasteiger partial charge < -0.3 is 0 Å². The van der Waals surface area contributed by atoms with Crippen molar-refractivity contribution < 1.29 is 0 Å². The number of hydrogen-bond donors (Lipinski definition) is 0. The highest BCUT2D eigenvalue weighted by molar-refractivity contribution is 8.07. The quantitative estimate of drug-likeness (QED) is 0.766. The van der Waals surface area contributed by atoms with Crippen LogP contribution in [0.25, 0.3) is 15.9 Å². The molecule has 1 aromatic carbocycles. The van der Waals surface area contributed by atoms with E-state index in [4.69, 9.17) is 0 Å². The van der Waals surface area contributed by atoms with Crippen LogP contribution in [0.2, 0.25) is 0 Å². The molecule has 0 N–H and O–H groups in total. The van der Waals surface area contributed by atoms with Crippen LogP contribution < -0.4 is 0 Å². The average molecular weight is 292 g/mol. The van der Waals surface area contributed by atoms with E-state index in [-0.39, 0.29) is 5.41 Å². The van der Waals surface area contributed by atoms with Crippen LogP contribution in [-0.4, -0.2) is 15.0 Å². The van der Waals surface area contributed by atoms with Crippen molar-refractivity contribution in [3.05, 3.63) is 29.8 Å². The van der Waals surface area contributed by atoms with Crippen LogP contribution in [0.15, 0.2) is 18.7 Å². The summed E-state index contributed by atoms with van der Waals surface area (Å²) < 4.78 is 9.03. The zero-order valence-corrected chi connectivity index (χ0v) is 13.6. The van der Waals surface area contributed by atoms with Crippen molar-refractivity contribution in [2.45, 2.75) is 39.0 Å². The summed E-state index contributed by atoms with van der Waals surface area (Å²) in [7, 11) is 0. The smallest absolute Gasteiger partial charge is 0.113 e. The predicted octanol–water partition coefficient (Wildman–Crippen LogP) is 5.10. The van der Waals surface area contributed by atoms with Crippen LogP contribution in [0.5, 0.6) is 0 Å². The van der Waals surface area contributed by atoms with Gasteiger partial charge in [-0.2, -0.15) is 8.75 Å². The second kappa shape index (κ2) is 5.63. The molecule has 0 bridgehead atoms. The van der Waals surface area contributed by atoms with Crippen molar-refractivity contribution in [2.75, 3.05) is 6.26 Å². The molecule has 2 rings (SSSR count). The standard InChI is InChI=1S/C15H20N2S2/c1-6-15(4,7-2)12-9-8-11(10(3)18-5)13-14(12)17-19-16-13/h8-9H,3,6-7H2,1-2,4-5H3. The van der Waals surface area contributed by atoms with Gasteiger partial charge in [0, 0.05) is 10.5 Å². The maximum Gasteiger partial charge on any atom is 0.113 e. The summed E-state index contributed by atoms with van der Waals surface area (Å²) in [6.07, 6.45) is 4.27. The lowest BCUT2D eigenvalue weighted by Crippen LogP contribution is -2.20. The highest BCUT2D eigenvalue weighted by Gasteiger charge is 2.26. The third-order valence-corrected chi connectivity index (χ3v) is 5.41. The average Bonchev–Trinajstić information content (AvgIpc) is 2.93. The van der Waals surface area contributed by atoms with Gasteiger partial charge in [0.2, 0.25) is 0 Å². The molecule has 0 saturated heterocycles. The maximum absolute atomic E-state index is 4.54. The highest BCUT2D eigenvalue weighted by Crippen LogP contribution is 2.38. The summed E-state index contributed by atoms with van der Waals surface area (Å²) in [6, 6.07) is 4.37. The summed E-state index contributed by atoms with van der Waals surface area (Å²) in [5.41, 5.74) is 4.68. The fourth-order valence-corrected chi connectivity index (χ4v) is 3.28. The number of fused-ring (bicyclic) bond motifs is 1. The van der Waals surface area contributed by atoms with E-state index in [1.54, 1.807) is 11.8 Å². The SMILES string of the molecule is C=C(SC)c1ccc(C(C)(CC)CC)c2nsnc12. The summed E-state index contributed by atoms with van der Waals surface area (Å²) >= 11 is 2.96. The Morgan fingerprint density at radius 3 is 2.47 bits per heavy atom. The first-order valence-corrected chi connectivity index (χ1v) is 8.52. The molecule has 19 heavy (non-hydrogen) atoms. The molecule has 102 valence electrons. The molecule has 2 nitrogen and oxygen atoms in total. The molecule has 0 aliphatic heterocycles. The van der Waals surface area contributed by atoms with E-state index in [1.165, 1.54) is 17.3 Å². The van der Waals surface area contributed by atoms with Gasteiger partial charge in [-0.05, 0) is 30.1 Å². The van der Waals surface area contributed by atoms with Crippen molar-refractivity contribution in [3.63, 3.8) is 0 Å². The lowest BCUT2D eigenvalue weighted by molar-refractivity contribution is 0.442. The molecule has 0 radical (unpaired) electrons. The fourth-order valence-electron chi connectivity index (χ4n) is 2.32. The number of rotatable bonds is 5. The van der Waals surface area contributed by atoms with Gasteiger partial charge in [0.1, 0.15) is 11.0 Å². The van der Waals surface area contributed by atoms with E-state index in [2.05, 4.69) is 48.2 Å². The second-order valence-corrected chi connectivity index (χ2v) is 6.45. The Balaban J connectivity index is 2.68. The largest absolute Gasteiger partial charge is 0.173 e. The van der Waals surface area contributed by atoms with Crippen molar-refractivity contribution in [3.8, 4) is 0 Å². The molecule has 0 aliphatic carbocycles. The van der Waals surface area contributed by atoms with E-state index in [0.717, 1.165) is 34.3 Å². The van der Waals surface area contributed by atoms with Crippen molar-refractivity contribution >= 4 is 39.4 Å². The van der Waals surface area contributed by atoms with Gasteiger partial charge in [-0.25, -0.2) is 0 Å². The summed E-state index contributed by atoms with van der Waals surface area (Å²) in [5.74, 6) is 0. The fraction of sp³-hybridized carbons (Fsp3) is 0.467. The Hall–Kier alpha value is -0.870. The number of thioether (sulfide) groups is 1. The Morgan fingerprint density at radius 2 is 1.89 bits per heavy atom. The molecule has 0 unspecified atom stereocenters. The van der Waals surface area contributed by atoms with Crippen LogP contribution >= 0.6 is 23.5 Å². The minimum atomic E-state index is 0.174. The van der Waals surface area contributed by atoms with Gasteiger partial charge in [-0.1, -0.05) is 39.5 Å². The molecular formula is C15H20N2S2. The van der Waals surface area contributed by atoms with Crippen LogP contribution in [-0.2, 0) is 5.41 Å². The van der Waals surface area contributed by atoms with Crippen LogP contribution in [0.4, 0.5) is 0 Å². The first-order valence-electron chi connectivity index (χ1n) is 6.56. The Labute approximate surface area is 123 Å². The van der Waals surface area contributed by atoms with Gasteiger partial charge in [0.25, 0.3) is 0 Å². The molecular weight excluding hydrogens is 272 g/mol. The van der Waals surface area contributed by atoms with Gasteiger partial charge in [-0.15, -0.1) is 11.8 Å². The van der Waals surface area contributed by atoms with E-state index in [9.17, 15) is 0 Å². The van der Waals surface area contributed by atoms with E-state index >= 15 is 0 Å². The molecule has 1 heterocycles. The summed E-state index contributed by atoms with van der Waals surface area (Å²) in [4.78, 5) is 1.05. The van der Waals surface area contributed by atoms with Gasteiger partial charge in [0.05, 0.1) is 11.7 Å². The van der Waals surface area contributed by atoms with Crippen LogP contribution in [0.1, 0.15) is 44.7 Å². The molecule has 0 aliphatic rings. The van der Waals surface area contributed by atoms with Crippen molar-refractivity contribution in [1.29, 1.82) is 0 Å². The topological polar surface area (TPSA) is 25.8 Å². The lowest BCUT2D eigenvalue weighted by atomic mass is 9.77. The number of benzene rings is 1. The monoisotopic (exact) mass is 292 g/mol. The van der Waals surface area contributed by atoms with Gasteiger partial charge in [-0.3, -0.25) is 0 Å². The zero-order valence-electron chi connectivity index (χ0n) is 12.0. The molecule has 0 atom stereocenters.